The van der Waals surface area contributed by atoms with Gasteiger partial charge in [0.1, 0.15) is 10.7 Å². The number of nitrogens with zero attached hydrogens (tertiary/aromatic N) is 2. The van der Waals surface area contributed by atoms with Crippen molar-refractivity contribution in [2.75, 3.05) is 19.6 Å². The first-order valence-electron chi connectivity index (χ1n) is 11.6. The second kappa shape index (κ2) is 10.8. The van der Waals surface area contributed by atoms with Gasteiger partial charge in [-0.1, -0.05) is 44.2 Å². The summed E-state index contributed by atoms with van der Waals surface area (Å²) < 4.78 is 0. The number of nitrogens with one attached hydrogen (secondary N) is 2. The molecule has 2 aromatic heterocycles. The first-order chi connectivity index (χ1) is 15.9. The second-order valence-electron chi connectivity index (χ2n) is 9.14. The highest BCUT2D eigenvalue weighted by Crippen LogP contribution is 2.30. The van der Waals surface area contributed by atoms with Crippen molar-refractivity contribution in [1.29, 1.82) is 0 Å². The Balaban J connectivity index is 1.33. The second-order valence-corrected chi connectivity index (χ2v) is 11.3. The van der Waals surface area contributed by atoms with Crippen LogP contribution in [0.1, 0.15) is 39.4 Å². The van der Waals surface area contributed by atoms with E-state index in [0.29, 0.717) is 22.9 Å². The molecule has 3 heterocycles. The van der Waals surface area contributed by atoms with Gasteiger partial charge in [0.15, 0.2) is 0 Å². The minimum atomic E-state index is -0.206. The van der Waals surface area contributed by atoms with Gasteiger partial charge in [-0.05, 0) is 31.2 Å². The van der Waals surface area contributed by atoms with Crippen molar-refractivity contribution in [2.45, 2.75) is 50.7 Å². The summed E-state index contributed by atoms with van der Waals surface area (Å²) in [4.78, 5) is 36.3. The van der Waals surface area contributed by atoms with E-state index in [1.165, 1.54) is 23.1 Å². The summed E-state index contributed by atoms with van der Waals surface area (Å²) in [6, 6.07) is 10.1. The molecule has 2 N–H and O–H groups in total. The monoisotopic (exact) mass is 484 g/mol. The molecule has 3 aromatic rings. The van der Waals surface area contributed by atoms with E-state index in [1.54, 1.807) is 0 Å². The Bertz CT molecular complexity index is 1130. The summed E-state index contributed by atoms with van der Waals surface area (Å²) in [5.41, 5.74) is 1.80. The van der Waals surface area contributed by atoms with Crippen LogP contribution in [0.4, 0.5) is 0 Å². The lowest BCUT2D eigenvalue weighted by molar-refractivity contribution is -0.121. The zero-order valence-corrected chi connectivity index (χ0v) is 21.1. The Hall–Kier alpha value is -2.16. The highest BCUT2D eigenvalue weighted by Gasteiger charge is 2.23. The third kappa shape index (κ3) is 6.05. The number of amides is 1. The van der Waals surface area contributed by atoms with Crippen molar-refractivity contribution in [3.05, 3.63) is 51.9 Å². The molecule has 0 bridgehead atoms. The molecule has 176 valence electrons. The quantitative estimate of drug-likeness (QED) is 0.492. The normalized spacial score (nSPS) is 16.4. The third-order valence-electron chi connectivity index (χ3n) is 5.97. The van der Waals surface area contributed by atoms with Crippen molar-refractivity contribution in [3.8, 4) is 11.1 Å². The number of fused-ring (bicyclic) bond motifs is 1. The van der Waals surface area contributed by atoms with Crippen molar-refractivity contribution in [1.82, 2.24) is 20.2 Å². The molecule has 33 heavy (non-hydrogen) atoms. The molecule has 1 amide bonds. The molecule has 6 nitrogen and oxygen atoms in total. The molecular formula is C25H32N4O2S2. The predicted molar refractivity (Wildman–Crippen MR) is 139 cm³/mol. The number of thioether (sulfide) groups is 1. The summed E-state index contributed by atoms with van der Waals surface area (Å²) >= 11 is 2.99. The maximum absolute atomic E-state index is 12.8. The molecule has 0 spiro atoms. The molecule has 4 rings (SSSR count). The third-order valence-corrected chi connectivity index (χ3v) is 8.00. The van der Waals surface area contributed by atoms with Gasteiger partial charge in [-0.3, -0.25) is 9.59 Å². The van der Waals surface area contributed by atoms with Crippen molar-refractivity contribution in [2.24, 2.45) is 5.92 Å². The Morgan fingerprint density at radius 3 is 2.67 bits per heavy atom. The van der Waals surface area contributed by atoms with Crippen LogP contribution >= 0.6 is 23.1 Å². The van der Waals surface area contributed by atoms with Gasteiger partial charge in [0, 0.05) is 36.6 Å². The number of H-pyrrole nitrogens is 1. The smallest absolute Gasteiger partial charge is 0.260 e. The zero-order valence-electron chi connectivity index (χ0n) is 19.5. The average Bonchev–Trinajstić information content (AvgIpc) is 3.23. The molecule has 1 fully saturated rings. The summed E-state index contributed by atoms with van der Waals surface area (Å²) in [6.45, 7) is 9.62. The highest BCUT2D eigenvalue weighted by atomic mass is 32.2. The number of rotatable bonds is 8. The number of hydrogen-bond acceptors (Lipinski definition) is 6. The molecule has 8 heteroatoms. The molecule has 0 unspecified atom stereocenters. The van der Waals surface area contributed by atoms with E-state index in [1.807, 2.05) is 42.6 Å². The van der Waals surface area contributed by atoms with Crippen LogP contribution in [0.3, 0.4) is 0 Å². The minimum absolute atomic E-state index is 0.0632. The lowest BCUT2D eigenvalue weighted by Crippen LogP contribution is -2.47. The van der Waals surface area contributed by atoms with E-state index < -0.39 is 0 Å². The number of carbonyl (C=O) groups excluding carboxylic acids is 1. The van der Waals surface area contributed by atoms with Crippen LogP contribution in [0.2, 0.25) is 0 Å². The molecule has 1 aromatic carbocycles. The molecule has 1 atom stereocenters. The van der Waals surface area contributed by atoms with E-state index in [4.69, 9.17) is 0 Å². The van der Waals surface area contributed by atoms with Gasteiger partial charge in [0.2, 0.25) is 5.91 Å². The topological polar surface area (TPSA) is 78.1 Å². The fraction of sp³-hybridized carbons (Fsp3) is 0.480. The number of thiophene rings is 1. The molecule has 1 saturated heterocycles. The number of aromatic amines is 1. The fourth-order valence-electron chi connectivity index (χ4n) is 4.27. The first-order valence-corrected chi connectivity index (χ1v) is 13.5. The maximum Gasteiger partial charge on any atom is 0.260 e. The Morgan fingerprint density at radius 2 is 1.97 bits per heavy atom. The van der Waals surface area contributed by atoms with Crippen LogP contribution in [0.25, 0.3) is 21.3 Å². The van der Waals surface area contributed by atoms with Gasteiger partial charge < -0.3 is 15.2 Å². The van der Waals surface area contributed by atoms with Crippen LogP contribution in [-0.2, 0) is 10.5 Å². The van der Waals surface area contributed by atoms with E-state index >= 15 is 0 Å². The number of aromatic nitrogens is 2. The Kier molecular flexibility index (Phi) is 7.88. The highest BCUT2D eigenvalue weighted by molar-refractivity contribution is 7.99. The number of carbonyl (C=O) groups is 1. The van der Waals surface area contributed by atoms with Crippen LogP contribution < -0.4 is 10.9 Å². The fourth-order valence-corrected chi connectivity index (χ4v) is 6.00. The zero-order chi connectivity index (χ0) is 23.4. The van der Waals surface area contributed by atoms with Crippen LogP contribution in [0, 0.1) is 5.92 Å². The number of piperidine rings is 1. The van der Waals surface area contributed by atoms with E-state index in [9.17, 15) is 9.59 Å². The summed E-state index contributed by atoms with van der Waals surface area (Å²) in [7, 11) is 0. The Labute approximate surface area is 203 Å². The molecular weight excluding hydrogens is 452 g/mol. The summed E-state index contributed by atoms with van der Waals surface area (Å²) in [5, 5.41) is 5.63. The molecule has 0 aliphatic carbocycles. The molecule has 1 aliphatic heterocycles. The van der Waals surface area contributed by atoms with Gasteiger partial charge in [0.25, 0.3) is 5.56 Å². The van der Waals surface area contributed by atoms with Gasteiger partial charge >= 0.3 is 0 Å². The lowest BCUT2D eigenvalue weighted by Gasteiger charge is -2.33. The van der Waals surface area contributed by atoms with Gasteiger partial charge in [-0.25, -0.2) is 4.98 Å². The molecule has 1 aliphatic rings. The van der Waals surface area contributed by atoms with Crippen molar-refractivity contribution in [3.63, 3.8) is 0 Å². The largest absolute Gasteiger partial charge is 0.352 e. The minimum Gasteiger partial charge on any atom is -0.352 e. The number of benzene rings is 1. The van der Waals surface area contributed by atoms with Gasteiger partial charge in [0.05, 0.1) is 16.4 Å². The molecule has 0 radical (unpaired) electrons. The van der Waals surface area contributed by atoms with Crippen LogP contribution in [0.5, 0.6) is 0 Å². The SMILES string of the molecule is CC(C)CN1CCC(NC(=O)[C@@H](C)SCc2nc3scc(-c4ccccc4)c3c(=O)[nH]2)CC1. The average molecular weight is 485 g/mol. The van der Waals surface area contributed by atoms with E-state index in [0.717, 1.165) is 48.4 Å². The summed E-state index contributed by atoms with van der Waals surface area (Å²) in [6.07, 6.45) is 2.01. The van der Waals surface area contributed by atoms with Crippen molar-refractivity contribution < 1.29 is 4.79 Å². The van der Waals surface area contributed by atoms with Gasteiger partial charge in [-0.2, -0.15) is 0 Å². The summed E-state index contributed by atoms with van der Waals surface area (Å²) in [5.74, 6) is 1.84. The first kappa shape index (κ1) is 24.0. The Morgan fingerprint density at radius 1 is 1.24 bits per heavy atom. The van der Waals surface area contributed by atoms with Gasteiger partial charge in [-0.15, -0.1) is 23.1 Å². The molecule has 0 saturated carbocycles. The maximum atomic E-state index is 12.8. The number of hydrogen-bond donors (Lipinski definition) is 2. The van der Waals surface area contributed by atoms with Crippen LogP contribution in [0.15, 0.2) is 40.5 Å². The standard InChI is InChI=1S/C25H32N4O2S2/c1-16(2)13-29-11-9-19(10-12-29)26-23(30)17(3)32-15-21-27-24(31)22-20(14-33-25(22)28-21)18-7-5-4-6-8-18/h4-8,14,16-17,19H,9-13,15H2,1-3H3,(H,26,30)(H,27,28,31)/t17-/m1/s1. The predicted octanol–water partition coefficient (Wildman–Crippen LogP) is 4.51. The van der Waals surface area contributed by atoms with Crippen molar-refractivity contribution >= 4 is 39.2 Å². The van der Waals surface area contributed by atoms with Crippen LogP contribution in [-0.4, -0.2) is 51.7 Å². The van der Waals surface area contributed by atoms with E-state index in [2.05, 4.69) is 34.0 Å². The lowest BCUT2D eigenvalue weighted by atomic mass is 10.0. The van der Waals surface area contributed by atoms with E-state index in [-0.39, 0.29) is 22.8 Å². The number of likely N-dealkylation sites (tertiary alicyclic amines) is 1.